The van der Waals surface area contributed by atoms with Crippen molar-refractivity contribution in [1.82, 2.24) is 10.2 Å². The maximum Gasteiger partial charge on any atom is 0.317 e. The van der Waals surface area contributed by atoms with Gasteiger partial charge in [-0.3, -0.25) is 4.79 Å². The summed E-state index contributed by atoms with van der Waals surface area (Å²) in [4.78, 5) is 25.3. The van der Waals surface area contributed by atoms with E-state index in [1.807, 2.05) is 0 Å². The number of primary amides is 1. The molecule has 2 fully saturated rings. The van der Waals surface area contributed by atoms with Crippen molar-refractivity contribution in [3.8, 4) is 0 Å². The van der Waals surface area contributed by atoms with Gasteiger partial charge in [-0.25, -0.2) is 4.79 Å². The number of carbonyl (C=O) groups is 2. The van der Waals surface area contributed by atoms with Gasteiger partial charge in [0.2, 0.25) is 5.91 Å². The van der Waals surface area contributed by atoms with Crippen LogP contribution in [0.1, 0.15) is 41.9 Å². The second kappa shape index (κ2) is 6.22. The van der Waals surface area contributed by atoms with Gasteiger partial charge >= 0.3 is 6.03 Å². The van der Waals surface area contributed by atoms with Crippen LogP contribution in [0.15, 0.2) is 18.2 Å². The molecular formula is C18H25N3O2. The Labute approximate surface area is 137 Å². The van der Waals surface area contributed by atoms with Crippen LogP contribution in [-0.4, -0.2) is 36.0 Å². The summed E-state index contributed by atoms with van der Waals surface area (Å²) in [5, 5.41) is 3.12. The molecule has 1 aromatic rings. The van der Waals surface area contributed by atoms with E-state index in [1.54, 1.807) is 4.90 Å². The van der Waals surface area contributed by atoms with Crippen molar-refractivity contribution in [2.24, 2.45) is 11.7 Å². The third kappa shape index (κ3) is 3.49. The zero-order valence-corrected chi connectivity index (χ0v) is 13.8. The molecule has 3 N–H and O–H groups in total. The third-order valence-electron chi connectivity index (χ3n) is 5.24. The van der Waals surface area contributed by atoms with Crippen molar-refractivity contribution in [2.75, 3.05) is 13.1 Å². The predicted octanol–water partition coefficient (Wildman–Crippen LogP) is 2.07. The summed E-state index contributed by atoms with van der Waals surface area (Å²) in [6, 6.07) is 6.76. The number of rotatable bonds is 3. The maximum atomic E-state index is 12.3. The topological polar surface area (TPSA) is 75.4 Å². The van der Waals surface area contributed by atoms with Crippen molar-refractivity contribution in [3.63, 3.8) is 0 Å². The van der Waals surface area contributed by atoms with E-state index >= 15 is 0 Å². The Bertz CT molecular complexity index is 621. The minimum Gasteiger partial charge on any atom is -0.369 e. The molecule has 1 aromatic carbocycles. The summed E-state index contributed by atoms with van der Waals surface area (Å²) in [6.07, 6.45) is 2.36. The molecule has 1 saturated heterocycles. The van der Waals surface area contributed by atoms with Gasteiger partial charge in [-0.15, -0.1) is 0 Å². The molecule has 5 nitrogen and oxygen atoms in total. The highest BCUT2D eigenvalue weighted by Crippen LogP contribution is 2.41. The summed E-state index contributed by atoms with van der Waals surface area (Å²) < 4.78 is 0. The van der Waals surface area contributed by atoms with Crippen molar-refractivity contribution in [3.05, 3.63) is 34.9 Å². The first-order chi connectivity index (χ1) is 11.0. The fourth-order valence-electron chi connectivity index (χ4n) is 3.34. The van der Waals surface area contributed by atoms with Gasteiger partial charge in [0.1, 0.15) is 0 Å². The fourth-order valence-corrected chi connectivity index (χ4v) is 3.34. The number of carbonyl (C=O) groups excluding carboxylic acids is 2. The van der Waals surface area contributed by atoms with Crippen molar-refractivity contribution in [1.29, 1.82) is 0 Å². The van der Waals surface area contributed by atoms with E-state index in [4.69, 9.17) is 5.73 Å². The van der Waals surface area contributed by atoms with Crippen LogP contribution in [0.25, 0.3) is 0 Å². The highest BCUT2D eigenvalue weighted by Gasteiger charge is 2.40. The first-order valence-electron chi connectivity index (χ1n) is 8.37. The largest absolute Gasteiger partial charge is 0.369 e. The minimum atomic E-state index is -0.248. The number of nitrogens with zero attached hydrogens (tertiary/aromatic N) is 1. The number of amides is 3. The maximum absolute atomic E-state index is 12.3. The summed E-state index contributed by atoms with van der Waals surface area (Å²) in [5.41, 5.74) is 9.24. The van der Waals surface area contributed by atoms with Crippen LogP contribution < -0.4 is 11.1 Å². The number of piperidine rings is 1. The number of hydrogen-bond donors (Lipinski definition) is 2. The lowest BCUT2D eigenvalue weighted by molar-refractivity contribution is -0.123. The number of likely N-dealkylation sites (tertiary alicyclic amines) is 1. The Morgan fingerprint density at radius 3 is 2.48 bits per heavy atom. The zero-order chi connectivity index (χ0) is 16.6. The summed E-state index contributed by atoms with van der Waals surface area (Å²) >= 11 is 0. The quantitative estimate of drug-likeness (QED) is 0.896. The standard InChI is InChI=1S/C18H25N3O2/c1-11-3-4-14(9-12(11)2)15-10-16(15)20-18(23)21-7-5-13(6-8-21)17(19)22/h3-4,9,13,15-16H,5-8,10H2,1-2H3,(H2,19,22)(H,20,23). The molecule has 3 amide bonds. The van der Waals surface area contributed by atoms with Crippen molar-refractivity contribution in [2.45, 2.75) is 45.1 Å². The number of nitrogens with one attached hydrogen (secondary N) is 1. The molecule has 1 aliphatic carbocycles. The Balaban J connectivity index is 1.50. The molecule has 2 aliphatic rings. The molecule has 1 heterocycles. The highest BCUT2D eigenvalue weighted by atomic mass is 16.2. The molecular weight excluding hydrogens is 290 g/mol. The van der Waals surface area contributed by atoms with Gasteiger partial charge in [-0.2, -0.15) is 0 Å². The fraction of sp³-hybridized carbons (Fsp3) is 0.556. The van der Waals surface area contributed by atoms with E-state index in [0.717, 1.165) is 6.42 Å². The normalized spacial score (nSPS) is 24.3. The first-order valence-corrected chi connectivity index (χ1v) is 8.37. The predicted molar refractivity (Wildman–Crippen MR) is 89.1 cm³/mol. The average molecular weight is 315 g/mol. The molecule has 23 heavy (non-hydrogen) atoms. The van der Waals surface area contributed by atoms with E-state index in [9.17, 15) is 9.59 Å². The lowest BCUT2D eigenvalue weighted by atomic mass is 9.96. The molecule has 1 aliphatic heterocycles. The van der Waals surface area contributed by atoms with E-state index < -0.39 is 0 Å². The van der Waals surface area contributed by atoms with Gasteiger partial charge in [-0.05, 0) is 49.8 Å². The van der Waals surface area contributed by atoms with Gasteiger partial charge < -0.3 is 16.0 Å². The Morgan fingerprint density at radius 2 is 1.87 bits per heavy atom. The highest BCUT2D eigenvalue weighted by molar-refractivity contribution is 5.78. The van der Waals surface area contributed by atoms with Crippen LogP contribution >= 0.6 is 0 Å². The molecule has 1 saturated carbocycles. The van der Waals surface area contributed by atoms with Gasteiger partial charge in [0.25, 0.3) is 0 Å². The molecule has 124 valence electrons. The summed E-state index contributed by atoms with van der Waals surface area (Å²) in [6.45, 7) is 5.46. The second-order valence-electron chi connectivity index (χ2n) is 6.91. The van der Waals surface area contributed by atoms with E-state index in [-0.39, 0.29) is 23.9 Å². The first kappa shape index (κ1) is 15.8. The molecule has 5 heteroatoms. The monoisotopic (exact) mass is 315 g/mol. The third-order valence-corrected chi connectivity index (χ3v) is 5.24. The molecule has 0 bridgehead atoms. The van der Waals surface area contributed by atoms with Crippen LogP contribution in [0.4, 0.5) is 4.79 Å². The average Bonchev–Trinajstić information content (AvgIpc) is 3.29. The van der Waals surface area contributed by atoms with Crippen molar-refractivity contribution < 1.29 is 9.59 Å². The Morgan fingerprint density at radius 1 is 1.17 bits per heavy atom. The van der Waals surface area contributed by atoms with Crippen LogP contribution in [0.2, 0.25) is 0 Å². The molecule has 2 atom stereocenters. The Hall–Kier alpha value is -2.04. The smallest absolute Gasteiger partial charge is 0.317 e. The molecule has 0 radical (unpaired) electrons. The van der Waals surface area contributed by atoms with E-state index in [2.05, 4.69) is 37.4 Å². The lowest BCUT2D eigenvalue weighted by Crippen LogP contribution is -2.47. The Kier molecular flexibility index (Phi) is 4.28. The van der Waals surface area contributed by atoms with Crippen LogP contribution in [0, 0.1) is 19.8 Å². The van der Waals surface area contributed by atoms with Gasteiger partial charge in [0.15, 0.2) is 0 Å². The number of benzene rings is 1. The molecule has 3 rings (SSSR count). The minimum absolute atomic E-state index is 0.00995. The SMILES string of the molecule is Cc1ccc(C2CC2NC(=O)N2CCC(C(N)=O)CC2)cc1C. The number of hydrogen-bond acceptors (Lipinski definition) is 2. The molecule has 0 aromatic heterocycles. The van der Waals surface area contributed by atoms with E-state index in [1.165, 1.54) is 16.7 Å². The van der Waals surface area contributed by atoms with Crippen LogP contribution in [-0.2, 0) is 4.79 Å². The molecule has 0 spiro atoms. The van der Waals surface area contributed by atoms with Gasteiger partial charge in [0, 0.05) is 31.0 Å². The lowest BCUT2D eigenvalue weighted by Gasteiger charge is -2.30. The van der Waals surface area contributed by atoms with E-state index in [0.29, 0.717) is 31.8 Å². The number of nitrogens with two attached hydrogens (primary N) is 1. The zero-order valence-electron chi connectivity index (χ0n) is 13.8. The van der Waals surface area contributed by atoms with Crippen LogP contribution in [0.3, 0.4) is 0 Å². The van der Waals surface area contributed by atoms with Gasteiger partial charge in [0.05, 0.1) is 0 Å². The number of aryl methyl sites for hydroxylation is 2. The van der Waals surface area contributed by atoms with Crippen molar-refractivity contribution >= 4 is 11.9 Å². The summed E-state index contributed by atoms with van der Waals surface area (Å²) in [5.74, 6) is 0.103. The number of urea groups is 1. The van der Waals surface area contributed by atoms with Gasteiger partial charge in [-0.1, -0.05) is 18.2 Å². The second-order valence-corrected chi connectivity index (χ2v) is 6.91. The molecule has 2 unspecified atom stereocenters. The van der Waals surface area contributed by atoms with Crippen LogP contribution in [0.5, 0.6) is 0 Å². The summed E-state index contributed by atoms with van der Waals surface area (Å²) in [7, 11) is 0.